The summed E-state index contributed by atoms with van der Waals surface area (Å²) in [4.78, 5) is 102. The fourth-order valence-corrected chi connectivity index (χ4v) is 35.8. The number of rotatable bonds is 11. The molecule has 0 saturated heterocycles. The fourth-order valence-electron chi connectivity index (χ4n) is 35.8. The van der Waals surface area contributed by atoms with Crippen LogP contribution in [0.5, 0.6) is 0 Å². The van der Waals surface area contributed by atoms with Gasteiger partial charge in [-0.15, -0.1) is 12.4 Å². The number of ketones is 3. The number of fused-ring (bicyclic) bond motifs is 21. The number of Topliss-reactive ketones (excluding diaryl/α,β-unsaturated/α-hetero) is 3. The van der Waals surface area contributed by atoms with Crippen molar-refractivity contribution in [3.05, 3.63) is 158 Å². The van der Waals surface area contributed by atoms with E-state index >= 15 is 0 Å². The Bertz CT molecular complexity index is 5660. The van der Waals surface area contributed by atoms with E-state index in [0.29, 0.717) is 100.0 Å². The third-order valence-electron chi connectivity index (χ3n) is 42.8. The Morgan fingerprint density at radius 1 is 0.380 bits per heavy atom. The van der Waals surface area contributed by atoms with E-state index < -0.39 is 47.0 Å². The van der Waals surface area contributed by atoms with Gasteiger partial charge in [0.2, 0.25) is 0 Å². The molecule has 0 bridgehead atoms. The summed E-state index contributed by atoms with van der Waals surface area (Å²) in [5.41, 5.74) is 21.6. The fraction of sp³-hybridized carbons (Fsp3) is 0.689. The van der Waals surface area contributed by atoms with Crippen molar-refractivity contribution in [1.29, 1.82) is 0 Å². The van der Waals surface area contributed by atoms with Crippen LogP contribution < -0.4 is 21.8 Å². The summed E-state index contributed by atoms with van der Waals surface area (Å²) in [6.45, 7) is 64.8. The number of carbonyl (C=O) groups excluding carboxylic acids is 8. The summed E-state index contributed by atoms with van der Waals surface area (Å²) in [6, 6.07) is 21.8. The number of alkyl carbamates (subject to hydrolysis) is 2. The normalized spacial score (nSPS) is 37.2. The Labute approximate surface area is 857 Å². The Kier molecular flexibility index (Phi) is 29.3. The molecule has 0 aromatic heterocycles. The lowest BCUT2D eigenvalue weighted by molar-refractivity contribution is -0.196. The molecule has 778 valence electrons. The van der Waals surface area contributed by atoms with Gasteiger partial charge in [0.1, 0.15) is 11.2 Å². The number of methoxy groups -OCH3 is 3. The van der Waals surface area contributed by atoms with Crippen molar-refractivity contribution in [3.63, 3.8) is 0 Å². The molecule has 0 unspecified atom stereocenters. The first kappa shape index (κ1) is 110. The highest BCUT2D eigenvalue weighted by Crippen LogP contribution is 2.81. The number of nitrogens with one attached hydrogen (secondary N) is 2. The second-order valence-corrected chi connectivity index (χ2v) is 53.7. The second-order valence-electron chi connectivity index (χ2n) is 53.7. The Balaban J connectivity index is 0.000000159. The zero-order chi connectivity index (χ0) is 104. The third kappa shape index (κ3) is 17.6. The van der Waals surface area contributed by atoms with Crippen LogP contribution in [0.3, 0.4) is 0 Å². The van der Waals surface area contributed by atoms with Crippen molar-refractivity contribution >= 4 is 83.6 Å². The number of hydrogen-bond donors (Lipinski definition) is 5. The lowest BCUT2D eigenvalue weighted by Crippen LogP contribution is -2.66. The van der Waals surface area contributed by atoms with Crippen molar-refractivity contribution in [2.24, 2.45) is 142 Å². The summed E-state index contributed by atoms with van der Waals surface area (Å²) >= 11 is 0. The van der Waals surface area contributed by atoms with E-state index in [9.17, 15) is 38.4 Å². The van der Waals surface area contributed by atoms with E-state index in [-0.39, 0.29) is 125 Å². The molecule has 0 spiro atoms. The number of carbonyl (C=O) groups is 8. The lowest BCUT2D eigenvalue weighted by atomic mass is 9.33. The van der Waals surface area contributed by atoms with Gasteiger partial charge in [-0.25, -0.2) is 24.0 Å². The number of amides is 2. The van der Waals surface area contributed by atoms with Crippen LogP contribution in [0, 0.1) is 136 Å². The summed E-state index contributed by atoms with van der Waals surface area (Å²) in [7, 11) is 2.64. The minimum absolute atomic E-state index is 0. The molecule has 3 aromatic rings. The molecule has 9 saturated carbocycles. The maximum atomic E-state index is 13.8. The van der Waals surface area contributed by atoms with Crippen LogP contribution >= 0.6 is 12.4 Å². The highest BCUT2D eigenvalue weighted by molar-refractivity contribution is 6.58. The number of hydrogen-bond acceptors (Lipinski definition) is 16. The Morgan fingerprint density at radius 3 is 0.993 bits per heavy atom. The Hall–Kier alpha value is -7.71. The number of allylic oxidation sites excluding steroid dienone is 9. The first-order valence-corrected chi connectivity index (χ1v) is 54.0. The molecule has 6 N–H and O–H groups in total. The zero-order valence-corrected chi connectivity index (χ0v) is 93.1. The van der Waals surface area contributed by atoms with Gasteiger partial charge >= 0.3 is 37.2 Å². The maximum absolute atomic E-state index is 13.8. The van der Waals surface area contributed by atoms with Crippen molar-refractivity contribution in [2.45, 2.75) is 376 Å². The van der Waals surface area contributed by atoms with Crippen molar-refractivity contribution < 1.29 is 72.1 Å². The van der Waals surface area contributed by atoms with Gasteiger partial charge < -0.3 is 50.1 Å². The molecule has 18 rings (SSSR count). The molecular weight excluding hydrogens is 1790 g/mol. The van der Waals surface area contributed by atoms with Gasteiger partial charge in [0, 0.05) is 24.8 Å². The number of halogens is 1. The minimum atomic E-state index is -1.51. The summed E-state index contributed by atoms with van der Waals surface area (Å²) in [5, 5.41) is 24.1. The molecule has 21 atom stereocenters. The molecule has 2 amide bonds. The first-order chi connectivity index (χ1) is 65.3. The van der Waals surface area contributed by atoms with Crippen LogP contribution in [0.15, 0.2) is 130 Å². The second kappa shape index (κ2) is 37.8. The average molecular weight is 1970 g/mol. The molecular formula is C122H175BClN3O15. The van der Waals surface area contributed by atoms with E-state index in [1.807, 2.05) is 65.8 Å². The number of nitrogens with two attached hydrogens (primary N) is 1. The highest BCUT2D eigenvalue weighted by Gasteiger charge is 2.75. The number of esters is 3. The molecule has 0 radical (unpaired) electrons. The lowest BCUT2D eigenvalue weighted by Gasteiger charge is -2.71. The standard InChI is InChI=1S/C42H59NO5.C37H51NO3.C35H55NO3.C8H9BO4.ClH/c1-25(2)33-30(44)24-42(43-36(46)48-37(3,4)5)23-22-40(9)29(34(33)42)16-17-32-39(8)20-18-28(26-12-14-27(15-13-26)35(45)47-11)38(6,7)31(39)19-21-41(32,40)10;1-22(2)30-27(39)21-37(38)20-19-35(6)26(31(30)37)13-14-29-34(5)17-15-25(23-9-11-24(12-10-23)32(40)41-8)33(3,4)28(34)16-18-36(29,35)7;1-21(2)27-24(37)20-35(36-29(38)39-30(4,5)6)19-18-33(10)23(28(27)35)12-13-26-32(9)16-14-22(3)31(7,8)25(32)15-17-34(26,33)11;1-13-8(10)6-2-4-7(5-3-6)9(11)12;/h12-15,18,25,29,31-32H,16-17,19-24H2,1-11H3,(H,43,46);9-12,15,22,26,28-29H,13-14,16-21,38H2,1-8H3;14,21,23,25-26H,12-13,15-20H2,1-11H3,(H,36,38);2-5,11-12H,1H3;1H/t29-,31+,32-,39+,40-,41-,42-;26-,28+,29-,34+,35-,36-,37-;23-,25+,26-,32+,33-,34-,35-;;/m111../s1. The number of ether oxygens (including phenoxy) is 5. The summed E-state index contributed by atoms with van der Waals surface area (Å²) in [5.74, 6) is 4.90. The SMILES string of the molecule is CC1=CC[C@]2(C)[C@H]3CC[C@@H]4C5=C(C(C)C)C(=O)C[C@]5(NC(=O)OC(C)(C)C)CC[C@@]4(C)[C@]3(C)CC[C@H]2C1(C)C.COC(=O)c1ccc(B(O)O)cc1.COC(=O)c1ccc(C2=CC[C@]3(C)[C@H]4CC[C@@H]5C6=C(C(C)C)C(=O)C[C@]6(N)CC[C@@]5(C)[C@]4(C)CC[C@H]3C2(C)C)cc1.COC(=O)c1ccc(C2=CC[C@]3(C)[C@H]4CC[C@@H]5C6=C(C(C)C)C(=O)C[C@]6(NC(=O)OC(C)(C)C)CC[C@@]5(C)[C@]4(C)CC[C@H]3C2(C)C)cc1.Cl. The predicted molar refractivity (Wildman–Crippen MR) is 568 cm³/mol. The van der Waals surface area contributed by atoms with Crippen LogP contribution in [0.2, 0.25) is 0 Å². The van der Waals surface area contributed by atoms with Gasteiger partial charge in [-0.05, 0) is 417 Å². The van der Waals surface area contributed by atoms with E-state index in [1.54, 1.807) is 5.57 Å². The van der Waals surface area contributed by atoms with Gasteiger partial charge in [0.25, 0.3) is 0 Å². The van der Waals surface area contributed by atoms with Gasteiger partial charge in [0.05, 0.1) is 49.1 Å². The molecule has 15 aliphatic rings. The van der Waals surface area contributed by atoms with Gasteiger partial charge in [-0.2, -0.15) is 0 Å². The van der Waals surface area contributed by atoms with Crippen LogP contribution in [-0.2, 0) is 38.1 Å². The highest BCUT2D eigenvalue weighted by atomic mass is 35.5. The molecule has 0 aliphatic heterocycles. The summed E-state index contributed by atoms with van der Waals surface area (Å²) in [6.07, 6.45) is 31.2. The molecule has 15 aliphatic carbocycles. The van der Waals surface area contributed by atoms with E-state index in [4.69, 9.17) is 34.7 Å². The largest absolute Gasteiger partial charge is 0.488 e. The van der Waals surface area contributed by atoms with Gasteiger partial charge in [-0.1, -0.05) is 206 Å². The average Bonchev–Trinajstić information content (AvgIpc) is 1.14. The molecule has 0 heterocycles. The monoisotopic (exact) mass is 1970 g/mol. The molecule has 20 heteroatoms. The van der Waals surface area contributed by atoms with Crippen LogP contribution in [0.25, 0.3) is 11.1 Å². The van der Waals surface area contributed by atoms with Gasteiger partial charge in [-0.3, -0.25) is 14.4 Å². The molecule has 9 fully saturated rings. The first-order valence-electron chi connectivity index (χ1n) is 54.0. The minimum Gasteiger partial charge on any atom is -0.465 e. The molecule has 3 aromatic carbocycles. The van der Waals surface area contributed by atoms with E-state index in [0.717, 1.165) is 107 Å². The maximum Gasteiger partial charge on any atom is 0.488 e. The molecule has 18 nitrogen and oxygen atoms in total. The summed E-state index contributed by atoms with van der Waals surface area (Å²) < 4.78 is 25.9. The van der Waals surface area contributed by atoms with Crippen molar-refractivity contribution in [2.75, 3.05) is 21.3 Å². The predicted octanol–water partition coefficient (Wildman–Crippen LogP) is 26.3. The number of benzene rings is 3. The van der Waals surface area contributed by atoms with E-state index in [1.165, 1.54) is 130 Å². The van der Waals surface area contributed by atoms with Crippen LogP contribution in [-0.4, -0.2) is 114 Å². The van der Waals surface area contributed by atoms with Gasteiger partial charge in [0.15, 0.2) is 17.3 Å². The van der Waals surface area contributed by atoms with E-state index in [2.05, 4.69) is 210 Å². The smallest absolute Gasteiger partial charge is 0.465 e. The third-order valence-corrected chi connectivity index (χ3v) is 42.8. The van der Waals surface area contributed by atoms with Crippen molar-refractivity contribution in [3.8, 4) is 0 Å². The zero-order valence-electron chi connectivity index (χ0n) is 92.3. The quantitative estimate of drug-likeness (QED) is 0.0517. The van der Waals surface area contributed by atoms with Crippen molar-refractivity contribution in [1.82, 2.24) is 10.6 Å². The van der Waals surface area contributed by atoms with Crippen LogP contribution in [0.1, 0.15) is 390 Å². The topological polar surface area (TPSA) is 273 Å². The molecule has 142 heavy (non-hydrogen) atoms. The van der Waals surface area contributed by atoms with Crippen LogP contribution in [0.4, 0.5) is 9.59 Å². The Morgan fingerprint density at radius 2 is 0.676 bits per heavy atom.